The summed E-state index contributed by atoms with van der Waals surface area (Å²) in [7, 11) is 3.70. The van der Waals surface area contributed by atoms with Crippen LogP contribution >= 0.6 is 11.6 Å². The molecule has 0 saturated heterocycles. The summed E-state index contributed by atoms with van der Waals surface area (Å²) in [6.07, 6.45) is 4.32. The van der Waals surface area contributed by atoms with Gasteiger partial charge in [0.1, 0.15) is 5.82 Å². The van der Waals surface area contributed by atoms with Gasteiger partial charge in [-0.05, 0) is 11.6 Å². The zero-order chi connectivity index (χ0) is 12.4. The quantitative estimate of drug-likeness (QED) is 0.825. The van der Waals surface area contributed by atoms with Gasteiger partial charge in [0.05, 0.1) is 0 Å². The molecule has 7 heteroatoms. The highest BCUT2D eigenvalue weighted by Crippen LogP contribution is 2.13. The summed E-state index contributed by atoms with van der Waals surface area (Å²) in [6.45, 7) is 2.02. The Kier molecular flexibility index (Phi) is 3.23. The highest BCUT2D eigenvalue weighted by atomic mass is 35.5. The first-order valence-electron chi connectivity index (χ1n) is 5.23. The number of hydrogen-bond donors (Lipinski definition) is 0. The molecule has 0 bridgehead atoms. The fraction of sp³-hybridized carbons (Fsp3) is 0.400. The van der Waals surface area contributed by atoms with Crippen LogP contribution in [0.1, 0.15) is 12.7 Å². The number of anilines is 1. The monoisotopic (exact) mass is 252 g/mol. The largest absolute Gasteiger partial charge is 0.347 e. The van der Waals surface area contributed by atoms with Crippen molar-refractivity contribution < 1.29 is 0 Å². The fourth-order valence-corrected chi connectivity index (χ4v) is 1.57. The lowest BCUT2D eigenvalue weighted by Gasteiger charge is -2.11. The molecular weight excluding hydrogens is 240 g/mol. The van der Waals surface area contributed by atoms with E-state index in [9.17, 15) is 0 Å². The summed E-state index contributed by atoms with van der Waals surface area (Å²) >= 11 is 5.88. The minimum atomic E-state index is 0.175. The van der Waals surface area contributed by atoms with E-state index in [2.05, 4.69) is 19.9 Å². The van der Waals surface area contributed by atoms with Gasteiger partial charge in [-0.15, -0.1) is 0 Å². The van der Waals surface area contributed by atoms with E-state index in [4.69, 9.17) is 11.6 Å². The third-order valence-corrected chi connectivity index (χ3v) is 2.40. The number of imidazole rings is 1. The molecular formula is C10H13ClN6. The van der Waals surface area contributed by atoms with Gasteiger partial charge in [0.2, 0.25) is 17.2 Å². The van der Waals surface area contributed by atoms with E-state index < -0.39 is 0 Å². The van der Waals surface area contributed by atoms with Crippen LogP contribution in [-0.2, 0) is 6.42 Å². The molecule has 90 valence electrons. The molecule has 0 spiro atoms. The molecule has 2 aromatic rings. The predicted molar refractivity (Wildman–Crippen MR) is 65.7 cm³/mol. The van der Waals surface area contributed by atoms with Gasteiger partial charge in [-0.3, -0.25) is 4.57 Å². The second-order valence-corrected chi connectivity index (χ2v) is 4.00. The fourth-order valence-electron chi connectivity index (χ4n) is 1.42. The molecule has 0 N–H and O–H groups in total. The lowest BCUT2D eigenvalue weighted by atomic mass is 10.4. The second-order valence-electron chi connectivity index (χ2n) is 3.67. The van der Waals surface area contributed by atoms with Crippen molar-refractivity contribution in [1.82, 2.24) is 24.5 Å². The van der Waals surface area contributed by atoms with Crippen molar-refractivity contribution in [2.75, 3.05) is 19.0 Å². The molecule has 0 unspecified atom stereocenters. The smallest absolute Gasteiger partial charge is 0.241 e. The van der Waals surface area contributed by atoms with Crippen LogP contribution in [0, 0.1) is 0 Å². The van der Waals surface area contributed by atoms with Gasteiger partial charge in [0, 0.05) is 32.9 Å². The van der Waals surface area contributed by atoms with Crippen LogP contribution in [0.15, 0.2) is 12.4 Å². The number of rotatable bonds is 3. The molecule has 6 nitrogen and oxygen atoms in total. The van der Waals surface area contributed by atoms with Crippen LogP contribution in [0.2, 0.25) is 5.28 Å². The summed E-state index contributed by atoms with van der Waals surface area (Å²) in [5.41, 5.74) is 0. The van der Waals surface area contributed by atoms with Crippen molar-refractivity contribution in [1.29, 1.82) is 0 Å². The lowest BCUT2D eigenvalue weighted by molar-refractivity contribution is 0.814. The molecule has 2 rings (SSSR count). The molecule has 0 aliphatic heterocycles. The van der Waals surface area contributed by atoms with E-state index in [1.54, 1.807) is 15.7 Å². The first-order valence-corrected chi connectivity index (χ1v) is 5.61. The molecule has 0 aliphatic rings. The Bertz CT molecular complexity index is 521. The zero-order valence-corrected chi connectivity index (χ0v) is 10.7. The Morgan fingerprint density at radius 2 is 2.06 bits per heavy atom. The van der Waals surface area contributed by atoms with Gasteiger partial charge >= 0.3 is 0 Å². The molecule has 0 aromatic carbocycles. The predicted octanol–water partition coefficient (Wildman–Crippen LogP) is 1.34. The average molecular weight is 253 g/mol. The SMILES string of the molecule is CCc1nccn1-c1nc(Cl)nc(N(C)C)n1. The standard InChI is InChI=1S/C10H13ClN6/c1-4-7-12-5-6-17(7)10-14-8(11)13-9(15-10)16(2)3/h5-6H,4H2,1-3H3. The Morgan fingerprint density at radius 3 is 2.71 bits per heavy atom. The molecule has 17 heavy (non-hydrogen) atoms. The van der Waals surface area contributed by atoms with Crippen molar-refractivity contribution in [2.45, 2.75) is 13.3 Å². The van der Waals surface area contributed by atoms with E-state index in [-0.39, 0.29) is 5.28 Å². The summed E-state index contributed by atoms with van der Waals surface area (Å²) in [5, 5.41) is 0.175. The molecule has 0 amide bonds. The summed E-state index contributed by atoms with van der Waals surface area (Å²) in [6, 6.07) is 0. The molecule has 0 fully saturated rings. The number of hydrogen-bond acceptors (Lipinski definition) is 5. The number of nitrogens with zero attached hydrogens (tertiary/aromatic N) is 6. The van der Waals surface area contributed by atoms with Crippen LogP contribution in [0.4, 0.5) is 5.95 Å². The van der Waals surface area contributed by atoms with E-state index in [0.717, 1.165) is 12.2 Å². The third kappa shape index (κ3) is 2.36. The number of halogens is 1. The molecule has 0 aliphatic carbocycles. The number of aryl methyl sites for hydroxylation is 1. The van der Waals surface area contributed by atoms with E-state index in [1.807, 2.05) is 27.2 Å². The summed E-state index contributed by atoms with van der Waals surface area (Å²) in [4.78, 5) is 18.5. The van der Waals surface area contributed by atoms with Gasteiger partial charge in [-0.2, -0.15) is 15.0 Å². The van der Waals surface area contributed by atoms with Crippen molar-refractivity contribution in [3.05, 3.63) is 23.5 Å². The van der Waals surface area contributed by atoms with Gasteiger partial charge in [-0.25, -0.2) is 4.98 Å². The highest BCUT2D eigenvalue weighted by Gasteiger charge is 2.10. The lowest BCUT2D eigenvalue weighted by Crippen LogP contribution is -2.16. The van der Waals surface area contributed by atoms with Crippen molar-refractivity contribution in [3.63, 3.8) is 0 Å². The minimum Gasteiger partial charge on any atom is -0.347 e. The van der Waals surface area contributed by atoms with Crippen LogP contribution in [0.25, 0.3) is 5.95 Å². The molecule has 2 aromatic heterocycles. The Balaban J connectivity index is 2.52. The average Bonchev–Trinajstić information content (AvgIpc) is 2.76. The molecule has 0 saturated carbocycles. The number of aromatic nitrogens is 5. The van der Waals surface area contributed by atoms with Gasteiger partial charge < -0.3 is 4.90 Å². The Hall–Kier alpha value is -1.69. The Morgan fingerprint density at radius 1 is 1.29 bits per heavy atom. The summed E-state index contributed by atoms with van der Waals surface area (Å²) in [5.74, 6) is 1.90. The van der Waals surface area contributed by atoms with Crippen molar-refractivity contribution in [2.24, 2.45) is 0 Å². The maximum Gasteiger partial charge on any atom is 0.241 e. The van der Waals surface area contributed by atoms with E-state index >= 15 is 0 Å². The van der Waals surface area contributed by atoms with Crippen LogP contribution in [-0.4, -0.2) is 38.6 Å². The normalized spacial score (nSPS) is 10.6. The highest BCUT2D eigenvalue weighted by molar-refractivity contribution is 6.28. The van der Waals surface area contributed by atoms with Gasteiger partial charge in [0.25, 0.3) is 0 Å². The second kappa shape index (κ2) is 4.67. The van der Waals surface area contributed by atoms with Gasteiger partial charge in [-0.1, -0.05) is 6.92 Å². The van der Waals surface area contributed by atoms with Crippen LogP contribution in [0.3, 0.4) is 0 Å². The van der Waals surface area contributed by atoms with Crippen LogP contribution < -0.4 is 4.90 Å². The maximum atomic E-state index is 5.88. The molecule has 2 heterocycles. The third-order valence-electron chi connectivity index (χ3n) is 2.23. The Labute approximate surface area is 104 Å². The summed E-state index contributed by atoms with van der Waals surface area (Å²) < 4.78 is 1.81. The van der Waals surface area contributed by atoms with E-state index in [0.29, 0.717) is 11.9 Å². The van der Waals surface area contributed by atoms with Crippen LogP contribution in [0.5, 0.6) is 0 Å². The van der Waals surface area contributed by atoms with Crippen molar-refractivity contribution in [3.8, 4) is 5.95 Å². The maximum absolute atomic E-state index is 5.88. The topological polar surface area (TPSA) is 59.7 Å². The van der Waals surface area contributed by atoms with Crippen molar-refractivity contribution >= 4 is 17.5 Å². The first kappa shape index (κ1) is 11.8. The zero-order valence-electron chi connectivity index (χ0n) is 9.92. The molecule has 0 atom stereocenters. The van der Waals surface area contributed by atoms with Gasteiger partial charge in [0.15, 0.2) is 0 Å². The minimum absolute atomic E-state index is 0.175. The molecule has 0 radical (unpaired) electrons. The van der Waals surface area contributed by atoms with E-state index in [1.165, 1.54) is 0 Å². The first-order chi connectivity index (χ1) is 8.11.